The summed E-state index contributed by atoms with van der Waals surface area (Å²) in [5.41, 5.74) is 14.7. The first-order chi connectivity index (χ1) is 24.6. The van der Waals surface area contributed by atoms with Crippen LogP contribution in [-0.4, -0.2) is 15.0 Å². The van der Waals surface area contributed by atoms with Crippen LogP contribution in [0.5, 0.6) is 11.5 Å². The number of aromatic nitrogens is 3. The number of nitrogens with zero attached hydrogens (tertiary/aromatic N) is 3. The van der Waals surface area contributed by atoms with Gasteiger partial charge in [0, 0.05) is 39.0 Å². The summed E-state index contributed by atoms with van der Waals surface area (Å²) in [6, 6.07) is 53.6. The van der Waals surface area contributed by atoms with Crippen LogP contribution in [0.3, 0.4) is 0 Å². The average molecular weight is 642 g/mol. The van der Waals surface area contributed by atoms with Crippen molar-refractivity contribution < 1.29 is 4.74 Å². The molecule has 0 N–H and O–H groups in total. The monoisotopic (exact) mass is 641 g/mol. The molecule has 2 aliphatic rings. The predicted molar refractivity (Wildman–Crippen MR) is 200 cm³/mol. The summed E-state index contributed by atoms with van der Waals surface area (Å²) in [5, 5.41) is 1.00. The first-order valence-electron chi connectivity index (χ1n) is 17.0. The van der Waals surface area contributed by atoms with Gasteiger partial charge >= 0.3 is 0 Å². The summed E-state index contributed by atoms with van der Waals surface area (Å²) in [6.45, 7) is 4.09. The summed E-state index contributed by atoms with van der Waals surface area (Å²) in [7, 11) is 0. The zero-order chi connectivity index (χ0) is 33.4. The van der Waals surface area contributed by atoms with Gasteiger partial charge in [0.05, 0.1) is 22.2 Å². The fraction of sp³-hybridized carbons (Fsp3) is 0.0652. The molecule has 236 valence electrons. The molecule has 2 aromatic heterocycles. The van der Waals surface area contributed by atoms with E-state index in [-0.39, 0.29) is 0 Å². The largest absolute Gasteiger partial charge is 0.456 e. The third kappa shape index (κ3) is 4.02. The third-order valence-corrected chi connectivity index (χ3v) is 10.4. The second kappa shape index (κ2) is 10.8. The topological polar surface area (TPSA) is 47.9 Å². The molecule has 0 saturated carbocycles. The fourth-order valence-corrected chi connectivity index (χ4v) is 8.27. The lowest BCUT2D eigenvalue weighted by molar-refractivity contribution is 0.438. The van der Waals surface area contributed by atoms with E-state index >= 15 is 0 Å². The lowest BCUT2D eigenvalue weighted by Crippen LogP contribution is -2.32. The molecular weight excluding hydrogens is 611 g/mol. The molecule has 3 heterocycles. The average Bonchev–Trinajstić information content (AvgIpc) is 3.45. The Morgan fingerprint density at radius 2 is 1.08 bits per heavy atom. The highest BCUT2D eigenvalue weighted by Crippen LogP contribution is 2.63. The molecule has 4 heteroatoms. The maximum absolute atomic E-state index is 6.94. The van der Waals surface area contributed by atoms with Crippen LogP contribution < -0.4 is 4.74 Å². The highest BCUT2D eigenvalue weighted by Gasteiger charge is 2.51. The van der Waals surface area contributed by atoms with Crippen LogP contribution in [0.15, 0.2) is 152 Å². The van der Waals surface area contributed by atoms with Crippen LogP contribution in [0.25, 0.3) is 55.8 Å². The molecule has 50 heavy (non-hydrogen) atoms. The number of fused-ring (bicyclic) bond motifs is 10. The van der Waals surface area contributed by atoms with Gasteiger partial charge in [-0.2, -0.15) is 0 Å². The molecule has 1 spiro atoms. The molecule has 6 aromatic carbocycles. The summed E-state index contributed by atoms with van der Waals surface area (Å²) in [4.78, 5) is 15.2. The van der Waals surface area contributed by atoms with Crippen molar-refractivity contribution in [2.75, 3.05) is 0 Å². The molecule has 0 bridgehead atoms. The van der Waals surface area contributed by atoms with Crippen molar-refractivity contribution in [3.63, 3.8) is 0 Å². The predicted octanol–water partition coefficient (Wildman–Crippen LogP) is 11.1. The second-order valence-electron chi connectivity index (χ2n) is 13.2. The smallest absolute Gasteiger partial charge is 0.164 e. The summed E-state index contributed by atoms with van der Waals surface area (Å²) >= 11 is 0. The van der Waals surface area contributed by atoms with Gasteiger partial charge in [-0.15, -0.1) is 0 Å². The van der Waals surface area contributed by atoms with Gasteiger partial charge in [-0.3, -0.25) is 4.98 Å². The van der Waals surface area contributed by atoms with Crippen molar-refractivity contribution in [1.29, 1.82) is 0 Å². The van der Waals surface area contributed by atoms with E-state index in [0.29, 0.717) is 5.82 Å². The van der Waals surface area contributed by atoms with Crippen LogP contribution >= 0.6 is 0 Å². The Bertz CT molecular complexity index is 2610. The quantitative estimate of drug-likeness (QED) is 0.193. The van der Waals surface area contributed by atoms with Crippen molar-refractivity contribution in [2.24, 2.45) is 0 Å². The van der Waals surface area contributed by atoms with E-state index in [9.17, 15) is 0 Å². The number of aryl methyl sites for hydroxylation is 2. The van der Waals surface area contributed by atoms with Crippen molar-refractivity contribution in [3.8, 4) is 56.4 Å². The minimum atomic E-state index is -0.550. The van der Waals surface area contributed by atoms with Crippen LogP contribution in [0.4, 0.5) is 0 Å². The molecule has 8 aromatic rings. The maximum Gasteiger partial charge on any atom is 0.164 e. The van der Waals surface area contributed by atoms with E-state index in [1.807, 2.05) is 19.1 Å². The first-order valence-corrected chi connectivity index (χ1v) is 17.0. The molecule has 0 amide bonds. The van der Waals surface area contributed by atoms with E-state index in [2.05, 4.69) is 151 Å². The minimum Gasteiger partial charge on any atom is -0.456 e. The highest BCUT2D eigenvalue weighted by molar-refractivity contribution is 5.95. The number of para-hydroxylation sites is 3. The zero-order valence-electron chi connectivity index (χ0n) is 27.7. The van der Waals surface area contributed by atoms with Crippen molar-refractivity contribution >= 4 is 10.9 Å². The summed E-state index contributed by atoms with van der Waals surface area (Å²) < 4.78 is 6.94. The lowest BCUT2D eigenvalue weighted by atomic mass is 9.66. The van der Waals surface area contributed by atoms with Gasteiger partial charge in [-0.05, 0) is 65.9 Å². The Labute approximate surface area is 290 Å². The van der Waals surface area contributed by atoms with Gasteiger partial charge in [-0.1, -0.05) is 127 Å². The van der Waals surface area contributed by atoms with Gasteiger partial charge < -0.3 is 4.74 Å². The van der Waals surface area contributed by atoms with E-state index in [1.54, 1.807) is 0 Å². The van der Waals surface area contributed by atoms with E-state index < -0.39 is 5.41 Å². The highest BCUT2D eigenvalue weighted by atomic mass is 16.5. The normalized spacial score (nSPS) is 13.3. The molecule has 0 unspecified atom stereocenters. The zero-order valence-corrected chi connectivity index (χ0v) is 27.7. The molecule has 0 atom stereocenters. The van der Waals surface area contributed by atoms with Crippen LogP contribution in [0.2, 0.25) is 0 Å². The third-order valence-electron chi connectivity index (χ3n) is 10.4. The summed E-state index contributed by atoms with van der Waals surface area (Å²) in [6.07, 6.45) is 0. The first kappa shape index (κ1) is 28.6. The van der Waals surface area contributed by atoms with Crippen molar-refractivity contribution in [1.82, 2.24) is 15.0 Å². The molecule has 4 nitrogen and oxygen atoms in total. The number of benzene rings is 6. The Kier molecular flexibility index (Phi) is 6.19. The van der Waals surface area contributed by atoms with Crippen LogP contribution in [-0.2, 0) is 5.41 Å². The van der Waals surface area contributed by atoms with Gasteiger partial charge in [0.2, 0.25) is 0 Å². The van der Waals surface area contributed by atoms with E-state index in [4.69, 9.17) is 14.7 Å². The maximum atomic E-state index is 6.94. The van der Waals surface area contributed by atoms with E-state index in [0.717, 1.165) is 72.9 Å². The number of hydrogen-bond acceptors (Lipinski definition) is 4. The molecule has 0 fully saturated rings. The van der Waals surface area contributed by atoms with Crippen LogP contribution in [0, 0.1) is 13.8 Å². The van der Waals surface area contributed by atoms with Gasteiger partial charge in [0.25, 0.3) is 0 Å². The van der Waals surface area contributed by atoms with Crippen LogP contribution in [0.1, 0.15) is 33.6 Å². The molecule has 0 radical (unpaired) electrons. The minimum absolute atomic E-state index is 0.550. The molecule has 1 aliphatic carbocycles. The molecular formula is C46H31N3O. The molecule has 10 rings (SSSR count). The Hall–Kier alpha value is -6.39. The number of hydrogen-bond donors (Lipinski definition) is 0. The Balaban J connectivity index is 1.19. The Morgan fingerprint density at radius 1 is 0.460 bits per heavy atom. The number of rotatable bonds is 3. The van der Waals surface area contributed by atoms with Gasteiger partial charge in [0.1, 0.15) is 11.5 Å². The van der Waals surface area contributed by atoms with Gasteiger partial charge in [-0.25, -0.2) is 9.97 Å². The lowest BCUT2D eigenvalue weighted by Gasteiger charge is -2.39. The number of ether oxygens (including phenoxy) is 1. The standard InChI is InChI=1S/C46H31N3O/c1-28-22-27-32(29(2)47-28)30-23-25-31(26-24-30)43-35-14-5-9-20-41(35)48-45(49-43)36-15-11-19-40-44(36)50-42-21-10-8-18-39(42)46(40)37-16-6-3-12-33(37)34-13-4-7-17-38(34)46/h3-27H,1-2H3. The summed E-state index contributed by atoms with van der Waals surface area (Å²) in [5.74, 6) is 2.26. The van der Waals surface area contributed by atoms with E-state index in [1.165, 1.54) is 22.3 Å². The fourth-order valence-electron chi connectivity index (χ4n) is 8.27. The molecule has 0 saturated heterocycles. The molecule has 1 aliphatic heterocycles. The second-order valence-corrected chi connectivity index (χ2v) is 13.2. The number of pyridine rings is 1. The SMILES string of the molecule is Cc1ccc(-c2ccc(-c3nc(-c4cccc5c4Oc4ccccc4C54c5ccccc5-c5ccccc54)nc4ccccc34)cc2)c(C)n1. The van der Waals surface area contributed by atoms with Crippen molar-refractivity contribution in [2.45, 2.75) is 19.3 Å². The van der Waals surface area contributed by atoms with Gasteiger partial charge in [0.15, 0.2) is 5.82 Å². The van der Waals surface area contributed by atoms with Crippen molar-refractivity contribution in [3.05, 3.63) is 185 Å². The Morgan fingerprint density at radius 3 is 1.84 bits per heavy atom.